The third kappa shape index (κ3) is 3.69. The summed E-state index contributed by atoms with van der Waals surface area (Å²) < 4.78 is 10.7. The van der Waals surface area contributed by atoms with Crippen molar-refractivity contribution >= 4 is 5.78 Å². The fourth-order valence-corrected chi connectivity index (χ4v) is 2.33. The first kappa shape index (κ1) is 17.8. The largest absolute Gasteiger partial charge is 0.462 e. The number of Topliss-reactive ketones (excluding diaryl/α,β-unsaturated/α-hetero) is 1. The summed E-state index contributed by atoms with van der Waals surface area (Å²) in [5.41, 5.74) is 0.685. The summed E-state index contributed by atoms with van der Waals surface area (Å²) in [5.74, 6) is -0.0269. The van der Waals surface area contributed by atoms with E-state index in [1.54, 1.807) is 0 Å². The average Bonchev–Trinajstić information content (AvgIpc) is 2.55. The van der Waals surface area contributed by atoms with E-state index in [4.69, 9.17) is 14.6 Å². The number of ether oxygens (including phenoxy) is 2. The molecule has 1 heterocycles. The van der Waals surface area contributed by atoms with Gasteiger partial charge in [-0.15, -0.1) is 0 Å². The number of benzene rings is 1. The van der Waals surface area contributed by atoms with Crippen molar-refractivity contribution in [2.75, 3.05) is 6.61 Å². The van der Waals surface area contributed by atoms with Crippen molar-refractivity contribution in [1.82, 2.24) is 0 Å². The van der Waals surface area contributed by atoms with Gasteiger partial charge in [0.25, 0.3) is 0 Å². The van der Waals surface area contributed by atoms with Crippen molar-refractivity contribution < 1.29 is 39.8 Å². The van der Waals surface area contributed by atoms with Crippen LogP contribution in [0, 0.1) is 0 Å². The van der Waals surface area contributed by atoms with Gasteiger partial charge in [-0.1, -0.05) is 0 Å². The molecule has 1 aliphatic heterocycles. The molecule has 5 atom stereocenters. The monoisotopic (exact) mass is 328 g/mol. The second kappa shape index (κ2) is 7.35. The lowest BCUT2D eigenvalue weighted by Crippen LogP contribution is -2.60. The molecule has 0 aromatic heterocycles. The van der Waals surface area contributed by atoms with E-state index in [0.29, 0.717) is 11.1 Å². The van der Waals surface area contributed by atoms with Crippen LogP contribution in [-0.2, 0) is 11.3 Å². The van der Waals surface area contributed by atoms with Gasteiger partial charge in [0.2, 0.25) is 6.29 Å². The molecule has 0 spiro atoms. The molecule has 1 saturated heterocycles. The highest BCUT2D eigenvalue weighted by Gasteiger charge is 2.44. The maximum Gasteiger partial charge on any atom is 0.229 e. The lowest BCUT2D eigenvalue weighted by molar-refractivity contribution is -0.277. The molecule has 8 nitrogen and oxygen atoms in total. The van der Waals surface area contributed by atoms with Crippen molar-refractivity contribution in [3.8, 4) is 5.75 Å². The van der Waals surface area contributed by atoms with Crippen molar-refractivity contribution in [1.29, 1.82) is 0 Å². The van der Waals surface area contributed by atoms with Crippen molar-refractivity contribution in [2.45, 2.75) is 44.2 Å². The Kier molecular flexibility index (Phi) is 5.69. The number of ketones is 1. The fraction of sp³-hybridized carbons (Fsp3) is 0.533. The first-order valence-corrected chi connectivity index (χ1v) is 7.11. The molecule has 1 aliphatic rings. The van der Waals surface area contributed by atoms with Crippen LogP contribution in [0.1, 0.15) is 22.8 Å². The van der Waals surface area contributed by atoms with E-state index >= 15 is 0 Å². The summed E-state index contributed by atoms with van der Waals surface area (Å²) in [5, 5.41) is 47.9. The zero-order valence-corrected chi connectivity index (χ0v) is 12.5. The summed E-state index contributed by atoms with van der Waals surface area (Å²) in [6.07, 6.45) is -7.02. The molecule has 0 radical (unpaired) electrons. The van der Waals surface area contributed by atoms with Crippen molar-refractivity contribution in [2.24, 2.45) is 0 Å². The van der Waals surface area contributed by atoms with E-state index in [-0.39, 0.29) is 11.5 Å². The highest BCUT2D eigenvalue weighted by Crippen LogP contribution is 2.27. The van der Waals surface area contributed by atoms with E-state index in [1.807, 2.05) is 0 Å². The molecule has 0 unspecified atom stereocenters. The zero-order chi connectivity index (χ0) is 17.1. The van der Waals surface area contributed by atoms with Gasteiger partial charge in [0.05, 0.1) is 13.2 Å². The van der Waals surface area contributed by atoms with Crippen LogP contribution < -0.4 is 4.74 Å². The van der Waals surface area contributed by atoms with Gasteiger partial charge in [0.15, 0.2) is 5.78 Å². The number of carbonyl (C=O) groups excluding carboxylic acids is 1. The first-order valence-electron chi connectivity index (χ1n) is 7.11. The lowest BCUT2D eigenvalue weighted by atomic mass is 9.99. The van der Waals surface area contributed by atoms with Crippen LogP contribution in [-0.4, -0.2) is 68.6 Å². The van der Waals surface area contributed by atoms with Crippen LogP contribution in [0.4, 0.5) is 0 Å². The van der Waals surface area contributed by atoms with Gasteiger partial charge >= 0.3 is 0 Å². The average molecular weight is 328 g/mol. The Bertz CT molecular complexity index is 558. The molecule has 2 rings (SSSR count). The smallest absolute Gasteiger partial charge is 0.229 e. The van der Waals surface area contributed by atoms with Gasteiger partial charge in [-0.3, -0.25) is 4.79 Å². The Morgan fingerprint density at radius 1 is 1.17 bits per heavy atom. The quantitative estimate of drug-likeness (QED) is 0.415. The normalized spacial score (nSPS) is 31.0. The van der Waals surface area contributed by atoms with Gasteiger partial charge in [0.1, 0.15) is 30.2 Å². The van der Waals surface area contributed by atoms with Gasteiger partial charge in [-0.05, 0) is 25.1 Å². The second-order valence-corrected chi connectivity index (χ2v) is 5.35. The summed E-state index contributed by atoms with van der Waals surface area (Å²) in [6.45, 7) is 0.406. The van der Waals surface area contributed by atoms with E-state index in [2.05, 4.69) is 0 Å². The Balaban J connectivity index is 2.22. The Labute approximate surface area is 132 Å². The highest BCUT2D eigenvalue weighted by molar-refractivity contribution is 5.94. The van der Waals surface area contributed by atoms with Crippen molar-refractivity contribution in [3.63, 3.8) is 0 Å². The Morgan fingerprint density at radius 2 is 1.87 bits per heavy atom. The van der Waals surface area contributed by atoms with E-state index < -0.39 is 43.9 Å². The standard InChI is InChI=1S/C15H20O8/c1-7(18)8-2-3-10(9(4-8)5-16)22-15-14(21)13(20)12(19)11(6-17)23-15/h2-4,11-17,19-21H,5-6H2,1H3/t11-,12-,13+,14-,15-/m1/s1. The molecule has 0 aliphatic carbocycles. The van der Waals surface area contributed by atoms with Crippen LogP contribution in [0.15, 0.2) is 18.2 Å². The van der Waals surface area contributed by atoms with Gasteiger partial charge < -0.3 is 35.0 Å². The van der Waals surface area contributed by atoms with Gasteiger partial charge in [-0.25, -0.2) is 0 Å². The van der Waals surface area contributed by atoms with Crippen LogP contribution in [0.5, 0.6) is 5.75 Å². The number of rotatable bonds is 5. The third-order valence-electron chi connectivity index (χ3n) is 3.73. The number of hydrogen-bond acceptors (Lipinski definition) is 8. The van der Waals surface area contributed by atoms with Crippen LogP contribution >= 0.6 is 0 Å². The first-order chi connectivity index (χ1) is 10.9. The molecule has 5 N–H and O–H groups in total. The minimum absolute atomic E-state index is 0.154. The molecule has 8 heteroatoms. The maximum absolute atomic E-state index is 11.4. The van der Waals surface area contributed by atoms with Crippen LogP contribution in [0.2, 0.25) is 0 Å². The zero-order valence-electron chi connectivity index (χ0n) is 12.5. The summed E-state index contributed by atoms with van der Waals surface area (Å²) in [4.78, 5) is 11.4. The number of hydrogen-bond donors (Lipinski definition) is 5. The van der Waals surface area contributed by atoms with E-state index in [0.717, 1.165) is 0 Å². The molecule has 0 saturated carbocycles. The molecule has 1 fully saturated rings. The topological polar surface area (TPSA) is 137 Å². The Morgan fingerprint density at radius 3 is 2.43 bits per heavy atom. The summed E-state index contributed by atoms with van der Waals surface area (Å²) in [7, 11) is 0. The molecular formula is C15H20O8. The molecule has 1 aromatic rings. The molecule has 0 amide bonds. The van der Waals surface area contributed by atoms with Gasteiger partial charge in [-0.2, -0.15) is 0 Å². The highest BCUT2D eigenvalue weighted by atomic mass is 16.7. The molecule has 23 heavy (non-hydrogen) atoms. The van der Waals surface area contributed by atoms with Crippen molar-refractivity contribution in [3.05, 3.63) is 29.3 Å². The third-order valence-corrected chi connectivity index (χ3v) is 3.73. The summed E-state index contributed by atoms with van der Waals surface area (Å²) in [6, 6.07) is 4.37. The summed E-state index contributed by atoms with van der Waals surface area (Å²) >= 11 is 0. The molecular weight excluding hydrogens is 308 g/mol. The number of aliphatic hydroxyl groups excluding tert-OH is 5. The number of carbonyl (C=O) groups is 1. The van der Waals surface area contributed by atoms with Gasteiger partial charge in [0, 0.05) is 11.1 Å². The Hall–Kier alpha value is -1.55. The second-order valence-electron chi connectivity index (χ2n) is 5.35. The minimum atomic E-state index is -1.56. The van der Waals surface area contributed by atoms with Crippen LogP contribution in [0.3, 0.4) is 0 Å². The molecule has 1 aromatic carbocycles. The maximum atomic E-state index is 11.4. The van der Waals surface area contributed by atoms with E-state index in [1.165, 1.54) is 25.1 Å². The number of aliphatic hydroxyl groups is 5. The molecule has 0 bridgehead atoms. The van der Waals surface area contributed by atoms with Crippen LogP contribution in [0.25, 0.3) is 0 Å². The predicted molar refractivity (Wildman–Crippen MR) is 76.8 cm³/mol. The SMILES string of the molecule is CC(=O)c1ccc(O[C@@H]2O[C@H](CO)[C@@H](O)[C@H](O)[C@H]2O)c(CO)c1. The minimum Gasteiger partial charge on any atom is -0.462 e. The predicted octanol–water partition coefficient (Wildman–Crippen LogP) is -1.44. The lowest BCUT2D eigenvalue weighted by Gasteiger charge is -2.39. The molecule has 128 valence electrons. The van der Waals surface area contributed by atoms with E-state index in [9.17, 15) is 25.2 Å². The fourth-order valence-electron chi connectivity index (χ4n) is 2.33.